The standard InChI is InChI=1S/C17H30N4.2ClH/c1-14-15(12-19-21(14)3)13-20(2)16-4-6-17(7-5-16)8-10-18-11-9-17;;/h12,16,18H,4-11,13H2,1-3H3;2*1H. The van der Waals surface area contributed by atoms with Crippen molar-refractivity contribution in [3.05, 3.63) is 17.5 Å². The molecule has 2 aliphatic rings. The summed E-state index contributed by atoms with van der Waals surface area (Å²) in [5.74, 6) is 0. The number of nitrogens with zero attached hydrogens (tertiary/aromatic N) is 3. The first-order valence-electron chi connectivity index (χ1n) is 8.48. The van der Waals surface area contributed by atoms with Crippen molar-refractivity contribution in [1.82, 2.24) is 20.0 Å². The molecule has 23 heavy (non-hydrogen) atoms. The molecule has 1 spiro atoms. The zero-order chi connectivity index (χ0) is 14.9. The van der Waals surface area contributed by atoms with Gasteiger partial charge in [-0.1, -0.05) is 0 Å². The molecule has 3 rings (SSSR count). The van der Waals surface area contributed by atoms with Crippen molar-refractivity contribution in [1.29, 1.82) is 0 Å². The van der Waals surface area contributed by atoms with Gasteiger partial charge in [-0.15, -0.1) is 24.8 Å². The summed E-state index contributed by atoms with van der Waals surface area (Å²) in [6, 6.07) is 0.755. The van der Waals surface area contributed by atoms with Gasteiger partial charge in [0.2, 0.25) is 0 Å². The van der Waals surface area contributed by atoms with Crippen LogP contribution in [-0.4, -0.2) is 40.9 Å². The molecule has 0 unspecified atom stereocenters. The molecule has 1 aliphatic heterocycles. The van der Waals surface area contributed by atoms with E-state index in [1.165, 1.54) is 62.9 Å². The van der Waals surface area contributed by atoms with Gasteiger partial charge in [0.05, 0.1) is 6.20 Å². The number of halogens is 2. The van der Waals surface area contributed by atoms with Crippen LogP contribution in [0.5, 0.6) is 0 Å². The van der Waals surface area contributed by atoms with Crippen LogP contribution in [0.4, 0.5) is 0 Å². The van der Waals surface area contributed by atoms with Crippen molar-refractivity contribution in [3.8, 4) is 0 Å². The molecule has 4 nitrogen and oxygen atoms in total. The summed E-state index contributed by atoms with van der Waals surface area (Å²) >= 11 is 0. The van der Waals surface area contributed by atoms with Crippen LogP contribution in [0.25, 0.3) is 0 Å². The van der Waals surface area contributed by atoms with Crippen molar-refractivity contribution in [2.45, 2.75) is 58.0 Å². The Morgan fingerprint density at radius 2 is 1.83 bits per heavy atom. The summed E-state index contributed by atoms with van der Waals surface area (Å²) < 4.78 is 1.98. The van der Waals surface area contributed by atoms with E-state index in [0.717, 1.165) is 12.6 Å². The van der Waals surface area contributed by atoms with E-state index >= 15 is 0 Å². The lowest BCUT2D eigenvalue weighted by Crippen LogP contribution is -2.43. The molecule has 2 heterocycles. The van der Waals surface area contributed by atoms with Crippen LogP contribution in [0.3, 0.4) is 0 Å². The SMILES string of the molecule is Cc1c(CN(C)C2CCC3(CCNCC3)CC2)cnn1C.Cl.Cl. The van der Waals surface area contributed by atoms with Gasteiger partial charge in [0.25, 0.3) is 0 Å². The third kappa shape index (κ3) is 4.62. The number of aromatic nitrogens is 2. The highest BCUT2D eigenvalue weighted by atomic mass is 35.5. The van der Waals surface area contributed by atoms with Crippen LogP contribution in [0.1, 0.15) is 49.8 Å². The predicted molar refractivity (Wildman–Crippen MR) is 101 cm³/mol. The van der Waals surface area contributed by atoms with E-state index in [4.69, 9.17) is 0 Å². The fourth-order valence-corrected chi connectivity index (χ4v) is 4.21. The Labute approximate surface area is 153 Å². The smallest absolute Gasteiger partial charge is 0.0537 e. The van der Waals surface area contributed by atoms with E-state index in [1.54, 1.807) is 0 Å². The zero-order valence-electron chi connectivity index (χ0n) is 14.7. The molecule has 1 aliphatic carbocycles. The largest absolute Gasteiger partial charge is 0.317 e. The van der Waals surface area contributed by atoms with Gasteiger partial charge in [-0.25, -0.2) is 0 Å². The molecular weight excluding hydrogens is 331 g/mol. The Morgan fingerprint density at radius 3 is 2.35 bits per heavy atom. The first-order valence-corrected chi connectivity index (χ1v) is 8.48. The second-order valence-electron chi connectivity index (χ2n) is 7.28. The summed E-state index contributed by atoms with van der Waals surface area (Å²) in [6.45, 7) is 5.67. The van der Waals surface area contributed by atoms with Crippen LogP contribution >= 0.6 is 24.8 Å². The van der Waals surface area contributed by atoms with Crippen molar-refractivity contribution < 1.29 is 0 Å². The van der Waals surface area contributed by atoms with Crippen molar-refractivity contribution in [2.24, 2.45) is 12.5 Å². The maximum atomic E-state index is 4.37. The predicted octanol–water partition coefficient (Wildman–Crippen LogP) is 3.32. The molecule has 1 saturated heterocycles. The molecule has 0 bridgehead atoms. The molecule has 1 aromatic heterocycles. The minimum Gasteiger partial charge on any atom is -0.317 e. The molecule has 1 saturated carbocycles. The Morgan fingerprint density at radius 1 is 1.22 bits per heavy atom. The van der Waals surface area contributed by atoms with Crippen LogP contribution in [0, 0.1) is 12.3 Å². The highest BCUT2D eigenvalue weighted by molar-refractivity contribution is 5.85. The maximum Gasteiger partial charge on any atom is 0.0537 e. The van der Waals surface area contributed by atoms with Crippen LogP contribution in [0.2, 0.25) is 0 Å². The van der Waals surface area contributed by atoms with Crippen LogP contribution in [-0.2, 0) is 13.6 Å². The molecular formula is C17H32Cl2N4. The number of hydrogen-bond acceptors (Lipinski definition) is 3. The Kier molecular flexibility index (Phi) is 7.85. The minimum atomic E-state index is 0. The van der Waals surface area contributed by atoms with Gasteiger partial charge in [-0.3, -0.25) is 9.58 Å². The topological polar surface area (TPSA) is 33.1 Å². The van der Waals surface area contributed by atoms with E-state index in [-0.39, 0.29) is 24.8 Å². The molecule has 1 aromatic rings. The first-order chi connectivity index (χ1) is 10.1. The van der Waals surface area contributed by atoms with E-state index < -0.39 is 0 Å². The molecule has 2 fully saturated rings. The number of aryl methyl sites for hydroxylation is 1. The number of nitrogens with one attached hydrogen (secondary N) is 1. The monoisotopic (exact) mass is 362 g/mol. The lowest BCUT2D eigenvalue weighted by molar-refractivity contribution is 0.0738. The van der Waals surface area contributed by atoms with Gasteiger partial charge < -0.3 is 5.32 Å². The molecule has 0 atom stereocenters. The second-order valence-corrected chi connectivity index (χ2v) is 7.28. The van der Waals surface area contributed by atoms with Gasteiger partial charge >= 0.3 is 0 Å². The third-order valence-corrected chi connectivity index (χ3v) is 6.06. The lowest BCUT2D eigenvalue weighted by Gasteiger charge is -2.45. The third-order valence-electron chi connectivity index (χ3n) is 6.06. The van der Waals surface area contributed by atoms with Crippen LogP contribution in [0.15, 0.2) is 6.20 Å². The van der Waals surface area contributed by atoms with Crippen molar-refractivity contribution in [2.75, 3.05) is 20.1 Å². The fourth-order valence-electron chi connectivity index (χ4n) is 4.21. The van der Waals surface area contributed by atoms with Gasteiger partial charge in [-0.2, -0.15) is 5.10 Å². The Balaban J connectivity index is 0.00000132. The number of piperidine rings is 1. The molecule has 1 N–H and O–H groups in total. The fraction of sp³-hybridized carbons (Fsp3) is 0.824. The molecule has 0 aromatic carbocycles. The Hall–Kier alpha value is -0.290. The first kappa shape index (κ1) is 20.8. The average molecular weight is 363 g/mol. The van der Waals surface area contributed by atoms with Gasteiger partial charge in [0, 0.05) is 30.9 Å². The van der Waals surface area contributed by atoms with Gasteiger partial charge in [0.1, 0.15) is 0 Å². The highest BCUT2D eigenvalue weighted by Gasteiger charge is 2.37. The summed E-state index contributed by atoms with van der Waals surface area (Å²) in [5, 5.41) is 7.88. The zero-order valence-corrected chi connectivity index (χ0v) is 16.3. The quantitative estimate of drug-likeness (QED) is 0.894. The van der Waals surface area contributed by atoms with E-state index in [9.17, 15) is 0 Å². The van der Waals surface area contributed by atoms with Crippen LogP contribution < -0.4 is 5.32 Å². The molecule has 6 heteroatoms. The van der Waals surface area contributed by atoms with Gasteiger partial charge in [0.15, 0.2) is 0 Å². The highest BCUT2D eigenvalue weighted by Crippen LogP contribution is 2.44. The van der Waals surface area contributed by atoms with E-state index in [2.05, 4.69) is 29.3 Å². The summed E-state index contributed by atoms with van der Waals surface area (Å²) in [5.41, 5.74) is 3.35. The normalized spacial score (nSPS) is 21.0. The molecule has 134 valence electrons. The summed E-state index contributed by atoms with van der Waals surface area (Å²) in [7, 11) is 4.32. The average Bonchev–Trinajstić information content (AvgIpc) is 2.81. The molecule has 0 radical (unpaired) electrons. The van der Waals surface area contributed by atoms with Crippen molar-refractivity contribution in [3.63, 3.8) is 0 Å². The minimum absolute atomic E-state index is 0. The Bertz CT molecular complexity index is 473. The lowest BCUT2D eigenvalue weighted by atomic mass is 9.67. The maximum absolute atomic E-state index is 4.37. The van der Waals surface area contributed by atoms with Gasteiger partial charge in [-0.05, 0) is 71.0 Å². The summed E-state index contributed by atoms with van der Waals surface area (Å²) in [4.78, 5) is 2.55. The van der Waals surface area contributed by atoms with Crippen molar-refractivity contribution >= 4 is 24.8 Å². The number of rotatable bonds is 3. The molecule has 0 amide bonds. The van der Waals surface area contributed by atoms with E-state index in [1.807, 2.05) is 17.9 Å². The number of hydrogen-bond donors (Lipinski definition) is 1. The second kappa shape index (κ2) is 8.70. The summed E-state index contributed by atoms with van der Waals surface area (Å²) in [6.07, 6.45) is 10.4. The van der Waals surface area contributed by atoms with E-state index in [0.29, 0.717) is 5.41 Å².